The van der Waals surface area contributed by atoms with Gasteiger partial charge in [-0.05, 0) is 97.7 Å². The standard InChI is InChI=1S/C32H47NO3/c1-19(34)32-14-12-27(2,3)17-20(32)25-22(35)16-24-29(6)18-21(33-9)26(36)28(4,5)23(29)10-11-30(24,7)31(25,8)13-15-32/h20,23-25,36H,10-18H2,1-8H3/t20?,23-,24+,25?,29-,30+,31+,32+/m0/s1. The van der Waals surface area contributed by atoms with Gasteiger partial charge >= 0.3 is 0 Å². The number of rotatable bonds is 1. The van der Waals surface area contributed by atoms with Crippen LogP contribution in [-0.2, 0) is 9.59 Å². The third-order valence-corrected chi connectivity index (χ3v) is 13.4. The summed E-state index contributed by atoms with van der Waals surface area (Å²) >= 11 is 0. The van der Waals surface area contributed by atoms with Crippen molar-refractivity contribution in [2.45, 2.75) is 113 Å². The smallest absolute Gasteiger partial charge is 0.203 e. The SMILES string of the molecule is [C-]#[N+]C1=C(O)C(C)(C)[C@@H]2CC[C@]3(C)[C@H](CC(=O)C4C5CC(C)(C)CC[C@]5(C(C)=O)CC[C@]43C)[C@@]2(C)C1. The zero-order valence-corrected chi connectivity index (χ0v) is 23.9. The zero-order valence-electron chi connectivity index (χ0n) is 23.9. The van der Waals surface area contributed by atoms with Crippen molar-refractivity contribution in [1.82, 2.24) is 0 Å². The van der Waals surface area contributed by atoms with Crippen LogP contribution >= 0.6 is 0 Å². The number of nitrogens with zero attached hydrogens (tertiary/aromatic N) is 1. The van der Waals surface area contributed by atoms with E-state index in [2.05, 4.69) is 53.3 Å². The van der Waals surface area contributed by atoms with E-state index in [9.17, 15) is 14.7 Å². The van der Waals surface area contributed by atoms with E-state index < -0.39 is 5.41 Å². The fourth-order valence-corrected chi connectivity index (χ4v) is 11.2. The Bertz CT molecular complexity index is 1090. The van der Waals surface area contributed by atoms with Crippen LogP contribution < -0.4 is 0 Å². The molecule has 0 amide bonds. The number of fused-ring (bicyclic) bond motifs is 7. The van der Waals surface area contributed by atoms with Gasteiger partial charge in [0.25, 0.3) is 0 Å². The Balaban J connectivity index is 1.63. The van der Waals surface area contributed by atoms with Crippen molar-refractivity contribution in [1.29, 1.82) is 0 Å². The number of ketones is 2. The first-order chi connectivity index (χ1) is 16.5. The van der Waals surface area contributed by atoms with E-state index in [1.54, 1.807) is 6.92 Å². The molecule has 0 saturated heterocycles. The molecule has 5 aliphatic carbocycles. The molecular weight excluding hydrogens is 446 g/mol. The van der Waals surface area contributed by atoms with E-state index in [4.69, 9.17) is 6.57 Å². The van der Waals surface area contributed by atoms with E-state index in [0.717, 1.165) is 44.9 Å². The molecule has 0 bridgehead atoms. The molecule has 2 unspecified atom stereocenters. The minimum absolute atomic E-state index is 0.0302. The van der Waals surface area contributed by atoms with E-state index in [1.807, 2.05) is 0 Å². The molecule has 198 valence electrons. The molecule has 5 aliphatic rings. The van der Waals surface area contributed by atoms with Crippen molar-refractivity contribution in [3.05, 3.63) is 22.9 Å². The lowest BCUT2D eigenvalue weighted by atomic mass is 9.31. The number of hydrogen-bond acceptors (Lipinski definition) is 3. The maximum atomic E-state index is 14.4. The number of aliphatic hydroxyl groups is 1. The minimum Gasteiger partial charge on any atom is -0.523 e. The second-order valence-electron chi connectivity index (χ2n) is 15.6. The molecule has 4 nitrogen and oxygen atoms in total. The van der Waals surface area contributed by atoms with Gasteiger partial charge < -0.3 is 5.11 Å². The predicted molar refractivity (Wildman–Crippen MR) is 142 cm³/mol. The number of carbonyl (C=O) groups is 2. The minimum atomic E-state index is -0.460. The van der Waals surface area contributed by atoms with Gasteiger partial charge in [0, 0.05) is 23.2 Å². The summed E-state index contributed by atoms with van der Waals surface area (Å²) in [5.74, 6) is 1.45. The molecule has 0 heterocycles. The Morgan fingerprint density at radius 2 is 1.58 bits per heavy atom. The Morgan fingerprint density at radius 3 is 2.19 bits per heavy atom. The van der Waals surface area contributed by atoms with Gasteiger partial charge in [0.1, 0.15) is 17.3 Å². The van der Waals surface area contributed by atoms with E-state index in [1.165, 1.54) is 0 Å². The maximum Gasteiger partial charge on any atom is 0.203 e. The summed E-state index contributed by atoms with van der Waals surface area (Å²) in [6, 6.07) is 0. The van der Waals surface area contributed by atoms with Crippen LogP contribution in [0.2, 0.25) is 0 Å². The van der Waals surface area contributed by atoms with Crippen LogP contribution in [0, 0.1) is 62.7 Å². The number of carbonyl (C=O) groups excluding carboxylic acids is 2. The third kappa shape index (κ3) is 2.98. The fraction of sp³-hybridized carbons (Fsp3) is 0.844. The summed E-state index contributed by atoms with van der Waals surface area (Å²) in [5, 5.41) is 11.0. The van der Waals surface area contributed by atoms with Crippen molar-refractivity contribution in [2.75, 3.05) is 0 Å². The van der Waals surface area contributed by atoms with Crippen LogP contribution in [0.3, 0.4) is 0 Å². The lowest BCUT2D eigenvalue weighted by Crippen LogP contribution is -2.69. The monoisotopic (exact) mass is 493 g/mol. The van der Waals surface area contributed by atoms with E-state index in [0.29, 0.717) is 30.1 Å². The van der Waals surface area contributed by atoms with Crippen molar-refractivity contribution in [3.63, 3.8) is 0 Å². The molecule has 5 rings (SSSR count). The fourth-order valence-electron chi connectivity index (χ4n) is 11.2. The van der Waals surface area contributed by atoms with Gasteiger partial charge in [0.05, 0.1) is 6.57 Å². The molecule has 4 heteroatoms. The summed E-state index contributed by atoms with van der Waals surface area (Å²) in [4.78, 5) is 31.5. The largest absolute Gasteiger partial charge is 0.523 e. The van der Waals surface area contributed by atoms with Gasteiger partial charge in [-0.25, -0.2) is 4.85 Å². The first kappa shape index (κ1) is 26.0. The lowest BCUT2D eigenvalue weighted by Gasteiger charge is -2.72. The third-order valence-electron chi connectivity index (χ3n) is 13.4. The van der Waals surface area contributed by atoms with E-state index >= 15 is 0 Å². The highest BCUT2D eigenvalue weighted by molar-refractivity contribution is 5.88. The molecule has 0 aromatic carbocycles. The Hall–Kier alpha value is -1.63. The second kappa shape index (κ2) is 7.48. The molecule has 4 saturated carbocycles. The van der Waals surface area contributed by atoms with Crippen LogP contribution in [0.5, 0.6) is 0 Å². The highest BCUT2D eigenvalue weighted by Gasteiger charge is 2.72. The molecule has 0 aliphatic heterocycles. The number of Topliss-reactive ketones (excluding diaryl/α,β-unsaturated/α-hetero) is 2. The molecule has 36 heavy (non-hydrogen) atoms. The van der Waals surface area contributed by atoms with Crippen molar-refractivity contribution in [3.8, 4) is 0 Å². The van der Waals surface area contributed by atoms with Crippen LogP contribution in [0.1, 0.15) is 113 Å². The summed E-state index contributed by atoms with van der Waals surface area (Å²) in [6.07, 6.45) is 7.97. The summed E-state index contributed by atoms with van der Waals surface area (Å²) in [6.45, 7) is 25.6. The molecule has 1 N–H and O–H groups in total. The number of hydrogen-bond donors (Lipinski definition) is 1. The molecule has 8 atom stereocenters. The molecule has 0 aromatic rings. The molecule has 0 radical (unpaired) electrons. The first-order valence-corrected chi connectivity index (χ1v) is 14.3. The average Bonchev–Trinajstić information content (AvgIpc) is 2.77. The van der Waals surface area contributed by atoms with Crippen LogP contribution in [0.25, 0.3) is 4.85 Å². The zero-order chi connectivity index (χ0) is 26.7. The maximum absolute atomic E-state index is 14.4. The molecule has 0 spiro atoms. The normalized spacial score (nSPS) is 49.1. The van der Waals surface area contributed by atoms with Crippen molar-refractivity contribution >= 4 is 11.6 Å². The van der Waals surface area contributed by atoms with E-state index in [-0.39, 0.29) is 56.5 Å². The Kier molecular flexibility index (Phi) is 5.40. The quantitative estimate of drug-likeness (QED) is 0.377. The summed E-state index contributed by atoms with van der Waals surface area (Å²) in [5.41, 5.74) is -0.522. The second-order valence-corrected chi connectivity index (χ2v) is 15.6. The Morgan fingerprint density at radius 1 is 0.944 bits per heavy atom. The Labute approximate surface area is 218 Å². The number of aliphatic hydroxyl groups excluding tert-OH is 1. The topological polar surface area (TPSA) is 58.7 Å². The van der Waals surface area contributed by atoms with Crippen LogP contribution in [0.15, 0.2) is 11.5 Å². The average molecular weight is 494 g/mol. The van der Waals surface area contributed by atoms with Crippen molar-refractivity contribution < 1.29 is 14.7 Å². The number of allylic oxidation sites excluding steroid dienone is 2. The van der Waals surface area contributed by atoms with Gasteiger partial charge in [-0.2, -0.15) is 0 Å². The molecule has 0 aromatic heterocycles. The highest BCUT2D eigenvalue weighted by atomic mass is 16.3. The van der Waals surface area contributed by atoms with Crippen LogP contribution in [0.4, 0.5) is 0 Å². The lowest BCUT2D eigenvalue weighted by molar-refractivity contribution is -0.229. The molecular formula is C32H47NO3. The van der Waals surface area contributed by atoms with Gasteiger partial charge in [0.15, 0.2) is 0 Å². The summed E-state index contributed by atoms with van der Waals surface area (Å²) in [7, 11) is 0. The highest BCUT2D eigenvalue weighted by Crippen LogP contribution is 2.76. The van der Waals surface area contributed by atoms with Gasteiger partial charge in [0.2, 0.25) is 5.70 Å². The molecule has 4 fully saturated rings. The van der Waals surface area contributed by atoms with Gasteiger partial charge in [-0.15, -0.1) is 0 Å². The van der Waals surface area contributed by atoms with Crippen LogP contribution in [-0.4, -0.2) is 16.7 Å². The first-order valence-electron chi connectivity index (χ1n) is 14.3. The summed E-state index contributed by atoms with van der Waals surface area (Å²) < 4.78 is 0. The predicted octanol–water partition coefficient (Wildman–Crippen LogP) is 7.93. The van der Waals surface area contributed by atoms with Crippen molar-refractivity contribution in [2.24, 2.45) is 56.2 Å². The van der Waals surface area contributed by atoms with Gasteiger partial charge in [-0.3, -0.25) is 9.59 Å². The van der Waals surface area contributed by atoms with Gasteiger partial charge in [-0.1, -0.05) is 48.5 Å².